The lowest BCUT2D eigenvalue weighted by Crippen LogP contribution is -2.37. The summed E-state index contributed by atoms with van der Waals surface area (Å²) in [6.45, 7) is 7.68. The highest BCUT2D eigenvalue weighted by Gasteiger charge is 2.28. The van der Waals surface area contributed by atoms with E-state index in [4.69, 9.17) is 4.74 Å². The molecular formula is C22H30N2O6S2. The highest BCUT2D eigenvalue weighted by molar-refractivity contribution is 7.90. The highest BCUT2D eigenvalue weighted by atomic mass is 32.2. The Balaban J connectivity index is 2.57. The maximum Gasteiger partial charge on any atom is 0.258 e. The minimum absolute atomic E-state index is 0.0781. The topological polar surface area (TPSA) is 101 Å². The summed E-state index contributed by atoms with van der Waals surface area (Å²) in [6.07, 6.45) is 1.11. The number of amides is 1. The van der Waals surface area contributed by atoms with E-state index in [2.05, 4.69) is 0 Å². The number of carbonyl (C=O) groups excluding carboxylic acids is 1. The summed E-state index contributed by atoms with van der Waals surface area (Å²) >= 11 is 0. The molecule has 0 N–H and O–H groups in total. The average Bonchev–Trinajstić information content (AvgIpc) is 2.73. The zero-order valence-corrected chi connectivity index (χ0v) is 20.8. The largest absolute Gasteiger partial charge is 0.495 e. The van der Waals surface area contributed by atoms with Crippen LogP contribution >= 0.6 is 0 Å². The number of methoxy groups -OCH3 is 1. The molecule has 0 bridgehead atoms. The van der Waals surface area contributed by atoms with E-state index < -0.39 is 25.8 Å². The molecule has 0 aliphatic carbocycles. The number of anilines is 1. The number of hydrogen-bond acceptors (Lipinski definition) is 6. The van der Waals surface area contributed by atoms with Crippen LogP contribution in [0.2, 0.25) is 0 Å². The number of carbonyl (C=O) groups is 1. The molecule has 0 saturated carbocycles. The molecule has 0 saturated heterocycles. The third-order valence-corrected chi connectivity index (χ3v) is 8.21. The third-order valence-electron chi connectivity index (χ3n) is 5.01. The predicted octanol–water partition coefficient (Wildman–Crippen LogP) is 3.18. The van der Waals surface area contributed by atoms with Crippen LogP contribution in [0.1, 0.15) is 38.1 Å². The Kier molecular flexibility index (Phi) is 8.08. The van der Waals surface area contributed by atoms with Gasteiger partial charge in [-0.1, -0.05) is 13.8 Å². The fraction of sp³-hybridized carbons (Fsp3) is 0.409. The fourth-order valence-corrected chi connectivity index (χ4v) is 5.63. The predicted molar refractivity (Wildman–Crippen MR) is 125 cm³/mol. The fourth-order valence-electron chi connectivity index (χ4n) is 3.36. The second-order valence-electron chi connectivity index (χ2n) is 7.49. The number of benzene rings is 2. The first-order valence-corrected chi connectivity index (χ1v) is 13.5. The monoisotopic (exact) mass is 482 g/mol. The molecule has 0 fully saturated rings. The van der Waals surface area contributed by atoms with Crippen molar-refractivity contribution in [2.24, 2.45) is 0 Å². The first-order valence-electron chi connectivity index (χ1n) is 10.2. The number of nitrogens with zero attached hydrogens (tertiary/aromatic N) is 2. The molecule has 8 nitrogen and oxygen atoms in total. The van der Waals surface area contributed by atoms with Crippen molar-refractivity contribution >= 4 is 31.5 Å². The van der Waals surface area contributed by atoms with Crippen molar-refractivity contribution < 1.29 is 26.4 Å². The molecule has 0 aliphatic heterocycles. The molecule has 0 heterocycles. The molecule has 2 rings (SSSR count). The van der Waals surface area contributed by atoms with Gasteiger partial charge in [-0.2, -0.15) is 4.31 Å². The number of sulfonamides is 1. The smallest absolute Gasteiger partial charge is 0.258 e. The molecule has 176 valence electrons. The summed E-state index contributed by atoms with van der Waals surface area (Å²) in [5.74, 6) is -0.257. The molecular weight excluding hydrogens is 452 g/mol. The second kappa shape index (κ2) is 10.0. The minimum atomic E-state index is -3.86. The lowest BCUT2D eigenvalue weighted by Gasteiger charge is -2.28. The quantitative estimate of drug-likeness (QED) is 0.544. The van der Waals surface area contributed by atoms with Gasteiger partial charge in [0.1, 0.15) is 10.6 Å². The summed E-state index contributed by atoms with van der Waals surface area (Å²) in [7, 11) is -5.85. The van der Waals surface area contributed by atoms with E-state index in [1.54, 1.807) is 26.0 Å². The van der Waals surface area contributed by atoms with Gasteiger partial charge in [-0.3, -0.25) is 4.79 Å². The normalized spacial score (nSPS) is 12.2. The van der Waals surface area contributed by atoms with Gasteiger partial charge in [0.2, 0.25) is 10.0 Å². The molecule has 0 radical (unpaired) electrons. The van der Waals surface area contributed by atoms with E-state index in [1.165, 1.54) is 46.6 Å². The zero-order valence-electron chi connectivity index (χ0n) is 19.2. The minimum Gasteiger partial charge on any atom is -0.495 e. The van der Waals surface area contributed by atoms with Gasteiger partial charge in [-0.25, -0.2) is 16.8 Å². The highest BCUT2D eigenvalue weighted by Crippen LogP contribution is 2.30. The Labute approximate surface area is 190 Å². The molecule has 32 heavy (non-hydrogen) atoms. The Hall–Kier alpha value is -2.43. The van der Waals surface area contributed by atoms with Crippen LogP contribution in [0.3, 0.4) is 0 Å². The molecule has 0 atom stereocenters. The van der Waals surface area contributed by atoms with Gasteiger partial charge in [-0.15, -0.1) is 0 Å². The van der Waals surface area contributed by atoms with Crippen molar-refractivity contribution in [3.63, 3.8) is 0 Å². The van der Waals surface area contributed by atoms with Crippen molar-refractivity contribution in [3.05, 3.63) is 48.0 Å². The van der Waals surface area contributed by atoms with Crippen molar-refractivity contribution in [2.45, 2.75) is 43.5 Å². The molecule has 10 heteroatoms. The Bertz CT molecular complexity index is 1170. The maximum absolute atomic E-state index is 13.4. The third kappa shape index (κ3) is 5.31. The molecule has 2 aromatic rings. The van der Waals surface area contributed by atoms with Gasteiger partial charge in [-0.05, 0) is 56.3 Å². The Morgan fingerprint density at radius 1 is 0.969 bits per heavy atom. The van der Waals surface area contributed by atoms with Crippen LogP contribution in [0, 0.1) is 0 Å². The summed E-state index contributed by atoms with van der Waals surface area (Å²) in [4.78, 5) is 15.0. The average molecular weight is 483 g/mol. The van der Waals surface area contributed by atoms with E-state index in [1.807, 2.05) is 13.8 Å². The standard InChI is InChI=1S/C22H30N2O6S2/c1-7-23(8-2)32(28,29)21-15-17(9-14-20(21)30-5)22(25)24(16(3)4)18-10-12-19(13-11-18)31(6,26)27/h9-16H,7-8H2,1-6H3. The van der Waals surface area contributed by atoms with Gasteiger partial charge >= 0.3 is 0 Å². The van der Waals surface area contributed by atoms with Gasteiger partial charge in [0.05, 0.1) is 12.0 Å². The van der Waals surface area contributed by atoms with Crippen LogP contribution in [-0.4, -0.2) is 59.5 Å². The number of rotatable bonds is 9. The number of hydrogen-bond donors (Lipinski definition) is 0. The van der Waals surface area contributed by atoms with Crippen LogP contribution in [0.25, 0.3) is 0 Å². The van der Waals surface area contributed by atoms with Gasteiger partial charge < -0.3 is 9.64 Å². The zero-order chi connectivity index (χ0) is 24.3. The molecule has 0 aliphatic rings. The Morgan fingerprint density at radius 3 is 1.97 bits per heavy atom. The van der Waals surface area contributed by atoms with Crippen LogP contribution < -0.4 is 9.64 Å². The lowest BCUT2D eigenvalue weighted by atomic mass is 10.1. The van der Waals surface area contributed by atoms with E-state index >= 15 is 0 Å². The van der Waals surface area contributed by atoms with Crippen molar-refractivity contribution in [1.29, 1.82) is 0 Å². The van der Waals surface area contributed by atoms with Gasteiger partial charge in [0.25, 0.3) is 5.91 Å². The van der Waals surface area contributed by atoms with Gasteiger partial charge in [0.15, 0.2) is 9.84 Å². The Morgan fingerprint density at radius 2 is 1.53 bits per heavy atom. The molecule has 0 unspecified atom stereocenters. The van der Waals surface area contributed by atoms with Crippen LogP contribution in [0.4, 0.5) is 5.69 Å². The van der Waals surface area contributed by atoms with Crippen molar-refractivity contribution in [3.8, 4) is 5.75 Å². The van der Waals surface area contributed by atoms with Crippen LogP contribution in [0.15, 0.2) is 52.3 Å². The van der Waals surface area contributed by atoms with E-state index in [0.717, 1.165) is 6.26 Å². The summed E-state index contributed by atoms with van der Waals surface area (Å²) in [6, 6.07) is 10.1. The van der Waals surface area contributed by atoms with Crippen molar-refractivity contribution in [1.82, 2.24) is 4.31 Å². The molecule has 2 aromatic carbocycles. The first-order chi connectivity index (χ1) is 14.9. The summed E-state index contributed by atoms with van der Waals surface area (Å²) in [5.41, 5.74) is 0.679. The lowest BCUT2D eigenvalue weighted by molar-refractivity contribution is 0.0980. The number of ether oxygens (including phenoxy) is 1. The van der Waals surface area contributed by atoms with Crippen LogP contribution in [0.5, 0.6) is 5.75 Å². The maximum atomic E-state index is 13.4. The summed E-state index contributed by atoms with van der Waals surface area (Å²) in [5, 5.41) is 0. The van der Waals surface area contributed by atoms with E-state index in [0.29, 0.717) is 5.69 Å². The molecule has 1 amide bonds. The summed E-state index contributed by atoms with van der Waals surface area (Å²) < 4.78 is 56.3. The number of sulfone groups is 1. The van der Waals surface area contributed by atoms with E-state index in [9.17, 15) is 21.6 Å². The van der Waals surface area contributed by atoms with E-state index in [-0.39, 0.29) is 40.2 Å². The SMILES string of the molecule is CCN(CC)S(=O)(=O)c1cc(C(=O)N(c2ccc(S(C)(=O)=O)cc2)C(C)C)ccc1OC. The van der Waals surface area contributed by atoms with Gasteiger partial charge in [0, 0.05) is 36.6 Å². The van der Waals surface area contributed by atoms with Crippen molar-refractivity contribution in [2.75, 3.05) is 31.4 Å². The first kappa shape index (κ1) is 25.8. The second-order valence-corrected chi connectivity index (χ2v) is 11.4. The van der Waals surface area contributed by atoms with Crippen LogP contribution in [-0.2, 0) is 19.9 Å². The molecule has 0 spiro atoms. The molecule has 0 aromatic heterocycles.